The van der Waals surface area contributed by atoms with E-state index < -0.39 is 0 Å². The monoisotopic (exact) mass is 1150 g/mol. The lowest BCUT2D eigenvalue weighted by Crippen LogP contribution is -2.03. The van der Waals surface area contributed by atoms with Gasteiger partial charge in [0, 0.05) is 101 Å². The summed E-state index contributed by atoms with van der Waals surface area (Å²) in [6, 6.07) is 17.6. The van der Waals surface area contributed by atoms with E-state index in [4.69, 9.17) is 29.4 Å². The molecular weight excluding hydrogens is 1060 g/mol. The summed E-state index contributed by atoms with van der Waals surface area (Å²) < 4.78 is 13.8. The lowest BCUT2D eigenvalue weighted by Gasteiger charge is -2.18. The number of aromatic amines is 4. The summed E-state index contributed by atoms with van der Waals surface area (Å²) in [6.07, 6.45) is 34.2. The van der Waals surface area contributed by atoms with E-state index in [0.717, 1.165) is 169 Å². The largest absolute Gasteiger partial charge is 0.493 e. The zero-order valence-corrected chi connectivity index (χ0v) is 53.1. The molecule has 0 atom stereocenters. The number of nitrogens with zero attached hydrogens (tertiary/aromatic N) is 4. The van der Waals surface area contributed by atoms with E-state index in [1.165, 1.54) is 137 Å². The molecule has 8 aromatic heterocycles. The maximum Gasteiger partial charge on any atom is 0.132 e. The first-order valence-electron chi connectivity index (χ1n) is 32.9. The SMILES string of the molecule is CCCCCCCCCCCCOc1c(C)c2ccc(-c3c4[nH]cc(C)c4c(-c4ccc5c(OCCCCCCCCCCCC)c(C)c6ccc(C)nc6c5n4)c4[nH]cc(C)c34)nc2c2nc(-c3c4[nH]cc(C)c4c(C)c4[nH]cc(C)c34)ccc12. The van der Waals surface area contributed by atoms with E-state index in [2.05, 4.69) is 162 Å². The van der Waals surface area contributed by atoms with Crippen molar-refractivity contribution in [3.8, 4) is 45.3 Å². The van der Waals surface area contributed by atoms with E-state index in [9.17, 15) is 0 Å². The van der Waals surface area contributed by atoms with Gasteiger partial charge in [0.1, 0.15) is 22.5 Å². The van der Waals surface area contributed by atoms with Gasteiger partial charge in [-0.1, -0.05) is 142 Å². The first kappa shape index (κ1) is 58.7. The van der Waals surface area contributed by atoms with Gasteiger partial charge in [0.25, 0.3) is 0 Å². The third-order valence-electron chi connectivity index (χ3n) is 19.0. The van der Waals surface area contributed by atoms with Crippen molar-refractivity contribution in [1.82, 2.24) is 39.9 Å². The summed E-state index contributed by atoms with van der Waals surface area (Å²) in [5.41, 5.74) is 22.6. The van der Waals surface area contributed by atoms with Crippen LogP contribution in [0, 0.1) is 55.4 Å². The number of unbranched alkanes of at least 4 members (excludes halogenated alkanes) is 18. The van der Waals surface area contributed by atoms with Crippen molar-refractivity contribution >= 4 is 87.2 Å². The Labute approximate surface area is 508 Å². The Morgan fingerprint density at radius 3 is 1.05 bits per heavy atom. The van der Waals surface area contributed by atoms with E-state index in [1.807, 2.05) is 0 Å². The number of ether oxygens (including phenoxy) is 2. The van der Waals surface area contributed by atoms with Gasteiger partial charge in [0.2, 0.25) is 0 Å². The Hall–Kier alpha value is -7.72. The first-order chi connectivity index (χ1) is 42.0. The highest BCUT2D eigenvalue weighted by Gasteiger charge is 2.27. The van der Waals surface area contributed by atoms with Gasteiger partial charge in [-0.3, -0.25) is 4.98 Å². The molecule has 0 aliphatic carbocycles. The Kier molecular flexibility index (Phi) is 17.5. The third-order valence-corrected chi connectivity index (χ3v) is 19.0. The van der Waals surface area contributed by atoms with Crippen molar-refractivity contribution in [1.29, 1.82) is 0 Å². The summed E-state index contributed by atoms with van der Waals surface area (Å²) >= 11 is 0. The van der Waals surface area contributed by atoms with E-state index in [1.54, 1.807) is 0 Å². The molecule has 0 spiro atoms. The molecule has 0 bridgehead atoms. The van der Waals surface area contributed by atoms with Crippen molar-refractivity contribution in [2.24, 2.45) is 0 Å². The van der Waals surface area contributed by atoms with E-state index in [-0.39, 0.29) is 0 Å². The molecule has 10 heteroatoms. The summed E-state index contributed by atoms with van der Waals surface area (Å²) in [7, 11) is 0. The number of pyridine rings is 4. The fourth-order valence-corrected chi connectivity index (χ4v) is 14.3. The number of nitrogens with one attached hydrogen (secondary N) is 4. The van der Waals surface area contributed by atoms with Gasteiger partial charge >= 0.3 is 0 Å². The third kappa shape index (κ3) is 11.0. The molecule has 86 heavy (non-hydrogen) atoms. The molecule has 8 heterocycles. The topological polar surface area (TPSA) is 133 Å². The van der Waals surface area contributed by atoms with Crippen molar-refractivity contribution in [3.63, 3.8) is 0 Å². The second-order valence-electron chi connectivity index (χ2n) is 25.2. The van der Waals surface area contributed by atoms with Gasteiger partial charge in [-0.05, 0) is 132 Å². The molecule has 0 saturated heterocycles. The van der Waals surface area contributed by atoms with Crippen LogP contribution < -0.4 is 9.47 Å². The summed E-state index contributed by atoms with van der Waals surface area (Å²) in [5, 5.41) is 8.71. The van der Waals surface area contributed by atoms with Crippen LogP contribution in [-0.4, -0.2) is 53.1 Å². The number of aryl methyl sites for hydroxylation is 8. The normalized spacial score (nSPS) is 12.2. The molecule has 4 N–H and O–H groups in total. The molecule has 0 saturated carbocycles. The van der Waals surface area contributed by atoms with Crippen molar-refractivity contribution in [3.05, 3.63) is 118 Å². The fraction of sp³-hybridized carbons (Fsp3) is 0.421. The molecule has 4 aromatic carbocycles. The Morgan fingerprint density at radius 2 is 0.628 bits per heavy atom. The van der Waals surface area contributed by atoms with Crippen LogP contribution in [0.25, 0.3) is 121 Å². The highest BCUT2D eigenvalue weighted by Crippen LogP contribution is 2.48. The minimum atomic E-state index is 0.655. The molecule has 446 valence electrons. The molecule has 12 aromatic rings. The maximum absolute atomic E-state index is 6.95. The second-order valence-corrected chi connectivity index (χ2v) is 25.2. The van der Waals surface area contributed by atoms with Crippen molar-refractivity contribution in [2.45, 2.75) is 198 Å². The van der Waals surface area contributed by atoms with Gasteiger partial charge in [0.15, 0.2) is 0 Å². The number of rotatable bonds is 27. The fourth-order valence-electron chi connectivity index (χ4n) is 14.3. The van der Waals surface area contributed by atoms with Crippen LogP contribution in [0.2, 0.25) is 0 Å². The van der Waals surface area contributed by atoms with Crippen LogP contribution in [0.4, 0.5) is 0 Å². The van der Waals surface area contributed by atoms with Crippen LogP contribution in [0.5, 0.6) is 11.5 Å². The number of H-pyrrole nitrogens is 4. The molecule has 12 rings (SSSR count). The highest BCUT2D eigenvalue weighted by atomic mass is 16.5. The zero-order valence-electron chi connectivity index (χ0n) is 53.1. The standard InChI is InChI=1S/C76H90N8O2/c1-11-13-15-17-19-21-23-25-27-29-39-85-75-50(8)53-32-31-49(7)81-68(53)70-55(75)34-38-59(83-70)66-63-48(6)44-79-73(63)65(62-47(5)43-80-74(62)66)57-36-33-54-51(9)76(86-40-30-28-26-24-22-20-18-16-14-12-2)56-35-37-58(84-71(56)69(54)82-57)64-61-46(4)42-77-67(61)52(10)60-45(3)41-78-72(60)64/h31-38,41-44,77-80H,11-30,39-40H2,1-10H3. The first-order valence-corrected chi connectivity index (χ1v) is 32.9. The molecule has 0 amide bonds. The molecule has 0 unspecified atom stereocenters. The minimum Gasteiger partial charge on any atom is -0.493 e. The molecule has 0 fully saturated rings. The van der Waals surface area contributed by atoms with Gasteiger partial charge in [-0.2, -0.15) is 0 Å². The number of hydrogen-bond donors (Lipinski definition) is 4. The zero-order chi connectivity index (χ0) is 59.6. The van der Waals surface area contributed by atoms with Gasteiger partial charge < -0.3 is 29.4 Å². The van der Waals surface area contributed by atoms with Crippen LogP contribution in [0.3, 0.4) is 0 Å². The predicted octanol–water partition coefficient (Wildman–Crippen LogP) is 21.9. The molecule has 0 aliphatic rings. The Bertz CT molecular complexity index is 4450. The number of hydrogen-bond acceptors (Lipinski definition) is 6. The highest BCUT2D eigenvalue weighted by molar-refractivity contribution is 6.22. The molecular formula is C76H90N8O2. The van der Waals surface area contributed by atoms with Crippen LogP contribution >= 0.6 is 0 Å². The molecule has 0 radical (unpaired) electrons. The number of fused-ring (bicyclic) bond motifs is 10. The lowest BCUT2D eigenvalue weighted by atomic mass is 9.92. The summed E-state index contributed by atoms with van der Waals surface area (Å²) in [4.78, 5) is 37.3. The van der Waals surface area contributed by atoms with E-state index in [0.29, 0.717) is 13.2 Å². The Balaban J connectivity index is 0.949. The van der Waals surface area contributed by atoms with Gasteiger partial charge in [-0.25, -0.2) is 15.0 Å². The maximum atomic E-state index is 6.95. The van der Waals surface area contributed by atoms with Crippen LogP contribution in [-0.2, 0) is 0 Å². The predicted molar refractivity (Wildman–Crippen MR) is 364 cm³/mol. The smallest absolute Gasteiger partial charge is 0.132 e. The number of aromatic nitrogens is 8. The van der Waals surface area contributed by atoms with Gasteiger partial charge in [0.05, 0.1) is 63.4 Å². The second kappa shape index (κ2) is 25.7. The molecule has 10 nitrogen and oxygen atoms in total. The van der Waals surface area contributed by atoms with Gasteiger partial charge in [-0.15, -0.1) is 0 Å². The van der Waals surface area contributed by atoms with Crippen molar-refractivity contribution in [2.75, 3.05) is 13.2 Å². The minimum absolute atomic E-state index is 0.655. The van der Waals surface area contributed by atoms with Crippen molar-refractivity contribution < 1.29 is 9.47 Å². The van der Waals surface area contributed by atoms with E-state index >= 15 is 0 Å². The summed E-state index contributed by atoms with van der Waals surface area (Å²) in [6.45, 7) is 23.3. The lowest BCUT2D eigenvalue weighted by molar-refractivity contribution is 0.306. The van der Waals surface area contributed by atoms with Crippen LogP contribution in [0.15, 0.2) is 73.3 Å². The average Bonchev–Trinajstić information content (AvgIpc) is 1.64. The quantitative estimate of drug-likeness (QED) is 0.0299. The number of benzene rings is 4. The summed E-state index contributed by atoms with van der Waals surface area (Å²) in [5.74, 6) is 1.80. The van der Waals surface area contributed by atoms with Crippen LogP contribution in [0.1, 0.15) is 187 Å². The Morgan fingerprint density at radius 1 is 0.314 bits per heavy atom. The average molecular weight is 1150 g/mol. The molecule has 0 aliphatic heterocycles.